The molecular formula is C29H36S. The summed E-state index contributed by atoms with van der Waals surface area (Å²) >= 11 is 1.93. The number of benzene rings is 2. The van der Waals surface area contributed by atoms with Crippen LogP contribution in [-0.4, -0.2) is 0 Å². The van der Waals surface area contributed by atoms with Gasteiger partial charge in [-0.05, 0) is 71.7 Å². The minimum Gasteiger partial charge on any atom is -0.140 e. The number of allylic oxidation sites excluding steroid dienone is 1. The van der Waals surface area contributed by atoms with E-state index in [0.29, 0.717) is 0 Å². The molecular weight excluding hydrogens is 380 g/mol. The Hall–Kier alpha value is -1.86. The third kappa shape index (κ3) is 5.43. The predicted molar refractivity (Wildman–Crippen MR) is 134 cm³/mol. The van der Waals surface area contributed by atoms with E-state index in [-0.39, 0.29) is 0 Å². The molecule has 3 aromatic rings. The molecule has 1 heterocycles. The van der Waals surface area contributed by atoms with Crippen molar-refractivity contribution in [3.8, 4) is 11.1 Å². The molecule has 0 nitrogen and oxygen atoms in total. The zero-order valence-corrected chi connectivity index (χ0v) is 19.4. The molecule has 4 rings (SSSR count). The van der Waals surface area contributed by atoms with Crippen molar-refractivity contribution in [1.29, 1.82) is 0 Å². The quantitative estimate of drug-likeness (QED) is 0.305. The van der Waals surface area contributed by atoms with Gasteiger partial charge in [-0.15, -0.1) is 17.9 Å². The van der Waals surface area contributed by atoms with Gasteiger partial charge in [0.05, 0.1) is 0 Å². The minimum absolute atomic E-state index is 0.953. The molecule has 30 heavy (non-hydrogen) atoms. The summed E-state index contributed by atoms with van der Waals surface area (Å²) in [6.45, 7) is 6.17. The number of hydrogen-bond donors (Lipinski definition) is 0. The fraction of sp³-hybridized carbons (Fsp3) is 0.448. The predicted octanol–water partition coefficient (Wildman–Crippen LogP) is 9.23. The summed E-state index contributed by atoms with van der Waals surface area (Å²) < 4.78 is 1.40. The SMILES string of the molecule is C=CCCc1cc2ccc(-c3ccc(CCC4CCC(CCC)CC4)cc3)cc2s1. The Kier molecular flexibility index (Phi) is 7.44. The van der Waals surface area contributed by atoms with E-state index in [1.165, 1.54) is 83.0 Å². The average Bonchev–Trinajstić information content (AvgIpc) is 3.20. The zero-order valence-electron chi connectivity index (χ0n) is 18.5. The van der Waals surface area contributed by atoms with E-state index in [9.17, 15) is 0 Å². The van der Waals surface area contributed by atoms with Crippen LogP contribution in [0.15, 0.2) is 61.2 Å². The molecule has 0 radical (unpaired) electrons. The smallest absolute Gasteiger partial charge is 0.0351 e. The van der Waals surface area contributed by atoms with E-state index in [1.54, 1.807) is 0 Å². The summed E-state index contributed by atoms with van der Waals surface area (Å²) in [6, 6.07) is 18.6. The van der Waals surface area contributed by atoms with Crippen LogP contribution in [0.2, 0.25) is 0 Å². The average molecular weight is 417 g/mol. The molecule has 0 amide bonds. The number of aryl methyl sites for hydroxylation is 2. The van der Waals surface area contributed by atoms with Gasteiger partial charge in [0.25, 0.3) is 0 Å². The molecule has 0 bridgehead atoms. The Morgan fingerprint density at radius 1 is 0.867 bits per heavy atom. The van der Waals surface area contributed by atoms with Gasteiger partial charge >= 0.3 is 0 Å². The highest BCUT2D eigenvalue weighted by molar-refractivity contribution is 7.19. The molecule has 158 valence electrons. The lowest BCUT2D eigenvalue weighted by molar-refractivity contribution is 0.252. The van der Waals surface area contributed by atoms with Gasteiger partial charge in [0.2, 0.25) is 0 Å². The molecule has 0 atom stereocenters. The number of hydrogen-bond acceptors (Lipinski definition) is 1. The summed E-state index contributed by atoms with van der Waals surface area (Å²) in [5.74, 6) is 1.97. The number of rotatable bonds is 9. The molecule has 1 aliphatic carbocycles. The van der Waals surface area contributed by atoms with E-state index in [0.717, 1.165) is 24.7 Å². The van der Waals surface area contributed by atoms with Gasteiger partial charge in [0.15, 0.2) is 0 Å². The van der Waals surface area contributed by atoms with Crippen LogP contribution in [0.1, 0.15) is 68.7 Å². The second-order valence-corrected chi connectivity index (χ2v) is 10.4. The van der Waals surface area contributed by atoms with Gasteiger partial charge in [-0.1, -0.05) is 87.9 Å². The largest absolute Gasteiger partial charge is 0.140 e. The van der Waals surface area contributed by atoms with Crippen LogP contribution in [0.4, 0.5) is 0 Å². The number of thiophene rings is 1. The molecule has 0 unspecified atom stereocenters. The number of fused-ring (bicyclic) bond motifs is 1. The fourth-order valence-electron chi connectivity index (χ4n) is 5.08. The van der Waals surface area contributed by atoms with Gasteiger partial charge in [0, 0.05) is 9.58 Å². The van der Waals surface area contributed by atoms with E-state index in [1.807, 2.05) is 17.4 Å². The van der Waals surface area contributed by atoms with Crippen LogP contribution < -0.4 is 0 Å². The Bertz CT molecular complexity index is 938. The van der Waals surface area contributed by atoms with Crippen molar-refractivity contribution in [3.05, 3.63) is 71.6 Å². The van der Waals surface area contributed by atoms with E-state index < -0.39 is 0 Å². The Morgan fingerprint density at radius 2 is 1.57 bits per heavy atom. The maximum atomic E-state index is 3.84. The molecule has 0 saturated heterocycles. The summed E-state index contributed by atoms with van der Waals surface area (Å²) in [6.07, 6.45) is 15.4. The molecule has 0 aliphatic heterocycles. The third-order valence-corrected chi connectivity index (χ3v) is 8.12. The van der Waals surface area contributed by atoms with Gasteiger partial charge in [-0.25, -0.2) is 0 Å². The first-order valence-electron chi connectivity index (χ1n) is 12.0. The van der Waals surface area contributed by atoms with E-state index in [4.69, 9.17) is 0 Å². The lowest BCUT2D eigenvalue weighted by Gasteiger charge is -2.28. The highest BCUT2D eigenvalue weighted by Gasteiger charge is 2.20. The maximum Gasteiger partial charge on any atom is 0.0351 e. The summed E-state index contributed by atoms with van der Waals surface area (Å²) in [4.78, 5) is 1.46. The van der Waals surface area contributed by atoms with Gasteiger partial charge < -0.3 is 0 Å². The van der Waals surface area contributed by atoms with Crippen molar-refractivity contribution >= 4 is 21.4 Å². The summed E-state index contributed by atoms with van der Waals surface area (Å²) in [5.41, 5.74) is 4.17. The van der Waals surface area contributed by atoms with Crippen LogP contribution in [0.3, 0.4) is 0 Å². The maximum absolute atomic E-state index is 3.84. The molecule has 0 N–H and O–H groups in total. The summed E-state index contributed by atoms with van der Waals surface area (Å²) in [7, 11) is 0. The fourth-order valence-corrected chi connectivity index (χ4v) is 6.20. The standard InChI is InChI=1S/C29H36S/c1-3-5-7-28-20-27-19-18-26(21-29(27)30-28)25-16-14-24(15-17-25)13-12-23-10-8-22(6-4-2)9-11-23/h3,14-23H,1,4-13H2,2H3. The Labute approximate surface area is 187 Å². The highest BCUT2D eigenvalue weighted by Crippen LogP contribution is 2.34. The molecule has 0 spiro atoms. The van der Waals surface area contributed by atoms with Gasteiger partial charge in [0.1, 0.15) is 0 Å². The van der Waals surface area contributed by atoms with Gasteiger partial charge in [-0.3, -0.25) is 0 Å². The summed E-state index contributed by atoms with van der Waals surface area (Å²) in [5, 5.41) is 1.37. The van der Waals surface area contributed by atoms with Crippen LogP contribution in [0.5, 0.6) is 0 Å². The first-order chi connectivity index (χ1) is 14.7. The lowest BCUT2D eigenvalue weighted by atomic mass is 9.78. The lowest BCUT2D eigenvalue weighted by Crippen LogP contribution is -2.15. The van der Waals surface area contributed by atoms with Crippen molar-refractivity contribution in [2.24, 2.45) is 11.8 Å². The molecule has 1 aliphatic rings. The van der Waals surface area contributed by atoms with E-state index in [2.05, 4.69) is 62.0 Å². The monoisotopic (exact) mass is 416 g/mol. The highest BCUT2D eigenvalue weighted by atomic mass is 32.1. The third-order valence-electron chi connectivity index (χ3n) is 6.96. The minimum atomic E-state index is 0.953. The van der Waals surface area contributed by atoms with Crippen LogP contribution in [0, 0.1) is 11.8 Å². The molecule has 1 saturated carbocycles. The van der Waals surface area contributed by atoms with Crippen LogP contribution >= 0.6 is 11.3 Å². The first kappa shape index (κ1) is 21.4. The van der Waals surface area contributed by atoms with Crippen molar-refractivity contribution in [2.75, 3.05) is 0 Å². The zero-order chi connectivity index (χ0) is 20.8. The van der Waals surface area contributed by atoms with Crippen molar-refractivity contribution in [3.63, 3.8) is 0 Å². The second-order valence-electron chi connectivity index (χ2n) is 9.20. The molecule has 2 aromatic carbocycles. The van der Waals surface area contributed by atoms with Crippen LogP contribution in [0.25, 0.3) is 21.2 Å². The van der Waals surface area contributed by atoms with Crippen LogP contribution in [-0.2, 0) is 12.8 Å². The van der Waals surface area contributed by atoms with Gasteiger partial charge in [-0.2, -0.15) is 0 Å². The molecule has 1 heteroatoms. The molecule has 1 aromatic heterocycles. The van der Waals surface area contributed by atoms with Crippen molar-refractivity contribution in [1.82, 2.24) is 0 Å². The van der Waals surface area contributed by atoms with Crippen molar-refractivity contribution < 1.29 is 0 Å². The molecule has 1 fully saturated rings. The normalized spacial score (nSPS) is 19.2. The second kappa shape index (κ2) is 10.4. The topological polar surface area (TPSA) is 0 Å². The Balaban J connectivity index is 1.34. The van der Waals surface area contributed by atoms with E-state index >= 15 is 0 Å². The van der Waals surface area contributed by atoms with Crippen molar-refractivity contribution in [2.45, 2.75) is 71.1 Å². The Morgan fingerprint density at radius 3 is 2.27 bits per heavy atom. The first-order valence-corrected chi connectivity index (χ1v) is 12.8.